The lowest BCUT2D eigenvalue weighted by Crippen LogP contribution is -2.38. The van der Waals surface area contributed by atoms with Crippen molar-refractivity contribution in [2.75, 3.05) is 7.05 Å². The Morgan fingerprint density at radius 3 is 2.21 bits per heavy atom. The highest BCUT2D eigenvalue weighted by atomic mass is 16.2. The van der Waals surface area contributed by atoms with Crippen LogP contribution in [0.3, 0.4) is 0 Å². The zero-order chi connectivity index (χ0) is 20.0. The summed E-state index contributed by atoms with van der Waals surface area (Å²) in [6.07, 6.45) is 0. The molecule has 4 atom stereocenters. The predicted octanol–water partition coefficient (Wildman–Crippen LogP) is 2.15. The smallest absolute Gasteiger partial charge is 0.235 e. The van der Waals surface area contributed by atoms with E-state index in [9.17, 15) is 9.59 Å². The first-order valence-electron chi connectivity index (χ1n) is 9.45. The van der Waals surface area contributed by atoms with Gasteiger partial charge in [0.2, 0.25) is 11.8 Å². The number of nitrogens with one attached hydrogen (secondary N) is 1. The van der Waals surface area contributed by atoms with Crippen LogP contribution in [0.5, 0.6) is 0 Å². The number of amides is 2. The van der Waals surface area contributed by atoms with Crippen molar-refractivity contribution in [2.24, 2.45) is 17.6 Å². The molecule has 28 heavy (non-hydrogen) atoms. The van der Waals surface area contributed by atoms with Gasteiger partial charge in [-0.15, -0.1) is 0 Å². The van der Waals surface area contributed by atoms with Crippen molar-refractivity contribution >= 4 is 17.6 Å². The second kappa shape index (κ2) is 6.87. The number of hydrogen-bond acceptors (Lipinski definition) is 4. The summed E-state index contributed by atoms with van der Waals surface area (Å²) in [4.78, 5) is 29.9. The fourth-order valence-electron chi connectivity index (χ4n) is 4.60. The number of carbonyl (C=O) groups is 2. The van der Waals surface area contributed by atoms with Crippen LogP contribution in [0.25, 0.3) is 0 Å². The molecule has 2 aliphatic rings. The highest BCUT2D eigenvalue weighted by Gasteiger charge is 2.59. The number of benzene rings is 2. The Bertz CT molecular complexity index is 925. The van der Waals surface area contributed by atoms with Crippen LogP contribution >= 0.6 is 0 Å². The maximum Gasteiger partial charge on any atom is 0.235 e. The van der Waals surface area contributed by atoms with E-state index in [0.29, 0.717) is 12.1 Å². The van der Waals surface area contributed by atoms with Gasteiger partial charge in [-0.2, -0.15) is 0 Å². The minimum atomic E-state index is -0.389. The van der Waals surface area contributed by atoms with Crippen LogP contribution in [0.4, 0.5) is 0 Å². The second-order valence-corrected chi connectivity index (χ2v) is 7.69. The van der Waals surface area contributed by atoms with E-state index >= 15 is 0 Å². The third kappa shape index (κ3) is 2.81. The van der Waals surface area contributed by atoms with E-state index in [2.05, 4.69) is 4.90 Å². The maximum atomic E-state index is 13.3. The number of amidine groups is 1. The monoisotopic (exact) mass is 376 g/mol. The molecule has 6 heteroatoms. The van der Waals surface area contributed by atoms with Crippen molar-refractivity contribution in [2.45, 2.75) is 25.6 Å². The highest BCUT2D eigenvalue weighted by molar-refractivity contribution is 6.06. The Morgan fingerprint density at radius 2 is 1.61 bits per heavy atom. The molecule has 0 saturated carbocycles. The molecule has 2 fully saturated rings. The maximum absolute atomic E-state index is 13.3. The zero-order valence-corrected chi connectivity index (χ0v) is 16.0. The molecule has 2 aromatic carbocycles. The molecule has 4 rings (SSSR count). The Balaban J connectivity index is 1.66. The molecule has 2 aromatic rings. The fraction of sp³-hybridized carbons (Fsp3) is 0.318. The summed E-state index contributed by atoms with van der Waals surface area (Å²) < 4.78 is 0. The summed E-state index contributed by atoms with van der Waals surface area (Å²) in [6.45, 7) is 2.33. The van der Waals surface area contributed by atoms with E-state index in [1.165, 1.54) is 4.90 Å². The third-order valence-electron chi connectivity index (χ3n) is 6.18. The molecule has 6 nitrogen and oxygen atoms in total. The molecule has 0 aliphatic carbocycles. The minimum Gasteiger partial charge on any atom is -0.384 e. The van der Waals surface area contributed by atoms with Crippen LogP contribution in [0.1, 0.15) is 29.7 Å². The molecular formula is C22H24N4O2. The van der Waals surface area contributed by atoms with Crippen LogP contribution in [-0.4, -0.2) is 40.5 Å². The number of hydrogen-bond donors (Lipinski definition) is 2. The SMILES string of the molecule is C[C@H]1[C@@H]2C(=O)N(Cc3ccccc3)C(=O)[C@@H]2[C@H](c2ccc(C(=N)N)cc2)N1C. The van der Waals surface area contributed by atoms with Gasteiger partial charge in [0.25, 0.3) is 0 Å². The quantitative estimate of drug-likeness (QED) is 0.486. The number of nitrogens with two attached hydrogens (primary N) is 1. The van der Waals surface area contributed by atoms with Crippen LogP contribution in [0, 0.1) is 17.2 Å². The van der Waals surface area contributed by atoms with Gasteiger partial charge in [0.1, 0.15) is 5.84 Å². The summed E-state index contributed by atoms with van der Waals surface area (Å²) in [5, 5.41) is 7.56. The van der Waals surface area contributed by atoms with Crippen LogP contribution < -0.4 is 5.73 Å². The molecule has 3 N–H and O–H groups in total. The van der Waals surface area contributed by atoms with Crippen molar-refractivity contribution in [1.29, 1.82) is 5.41 Å². The second-order valence-electron chi connectivity index (χ2n) is 7.69. The van der Waals surface area contributed by atoms with Crippen molar-refractivity contribution in [3.8, 4) is 0 Å². The zero-order valence-electron chi connectivity index (χ0n) is 16.0. The number of rotatable bonds is 4. The van der Waals surface area contributed by atoms with E-state index < -0.39 is 0 Å². The number of nitrogen functional groups attached to an aromatic ring is 1. The first-order valence-corrected chi connectivity index (χ1v) is 9.45. The summed E-state index contributed by atoms with van der Waals surface area (Å²) in [5.74, 6) is -0.895. The summed E-state index contributed by atoms with van der Waals surface area (Å²) in [6, 6.07) is 16.8. The summed E-state index contributed by atoms with van der Waals surface area (Å²) in [7, 11) is 1.97. The Morgan fingerprint density at radius 1 is 1.00 bits per heavy atom. The van der Waals surface area contributed by atoms with Crippen molar-refractivity contribution in [3.05, 3.63) is 71.3 Å². The first-order chi connectivity index (χ1) is 13.4. The lowest BCUT2D eigenvalue weighted by atomic mass is 9.86. The number of imide groups is 1. The van der Waals surface area contributed by atoms with Gasteiger partial charge in [0.05, 0.1) is 18.4 Å². The van der Waals surface area contributed by atoms with E-state index in [-0.39, 0.29) is 41.6 Å². The molecule has 2 heterocycles. The first kappa shape index (κ1) is 18.4. The van der Waals surface area contributed by atoms with Crippen molar-refractivity contribution in [3.63, 3.8) is 0 Å². The molecule has 2 saturated heterocycles. The van der Waals surface area contributed by atoms with Crippen LogP contribution in [0.2, 0.25) is 0 Å². The molecule has 144 valence electrons. The molecule has 2 aliphatic heterocycles. The predicted molar refractivity (Wildman–Crippen MR) is 106 cm³/mol. The minimum absolute atomic E-state index is 0.0127. The van der Waals surface area contributed by atoms with E-state index in [1.807, 2.05) is 56.4 Å². The highest BCUT2D eigenvalue weighted by Crippen LogP contribution is 2.49. The number of likely N-dealkylation sites (tertiary alicyclic amines) is 2. The van der Waals surface area contributed by atoms with Gasteiger partial charge < -0.3 is 5.73 Å². The van der Waals surface area contributed by atoms with Gasteiger partial charge in [0, 0.05) is 17.6 Å². The Labute approximate surface area is 164 Å². The molecule has 0 radical (unpaired) electrons. The molecule has 0 aromatic heterocycles. The lowest BCUT2D eigenvalue weighted by molar-refractivity contribution is -0.142. The largest absolute Gasteiger partial charge is 0.384 e. The van der Waals surface area contributed by atoms with E-state index in [4.69, 9.17) is 11.1 Å². The van der Waals surface area contributed by atoms with Gasteiger partial charge in [-0.3, -0.25) is 24.8 Å². The molecule has 0 unspecified atom stereocenters. The molecule has 0 spiro atoms. The fourth-order valence-corrected chi connectivity index (χ4v) is 4.60. The van der Waals surface area contributed by atoms with Gasteiger partial charge >= 0.3 is 0 Å². The summed E-state index contributed by atoms with van der Waals surface area (Å²) >= 11 is 0. The lowest BCUT2D eigenvalue weighted by Gasteiger charge is -2.28. The number of fused-ring (bicyclic) bond motifs is 1. The Kier molecular flexibility index (Phi) is 4.51. The van der Waals surface area contributed by atoms with Gasteiger partial charge in [-0.1, -0.05) is 54.6 Å². The van der Waals surface area contributed by atoms with Gasteiger partial charge in [-0.25, -0.2) is 0 Å². The standard InChI is InChI=1S/C22H24N4O2/c1-13-17-18(19(25(13)2)15-8-10-16(11-9-15)20(23)24)22(28)26(21(17)27)12-14-6-4-3-5-7-14/h3-11,13,17-19H,12H2,1-2H3,(H3,23,24)/t13-,17-,18-,19-/m0/s1. The average Bonchev–Trinajstić information content (AvgIpc) is 3.09. The topological polar surface area (TPSA) is 90.5 Å². The number of carbonyl (C=O) groups excluding carboxylic acids is 2. The molecule has 0 bridgehead atoms. The number of nitrogens with zero attached hydrogens (tertiary/aromatic N) is 2. The average molecular weight is 376 g/mol. The molecular weight excluding hydrogens is 352 g/mol. The van der Waals surface area contributed by atoms with Crippen molar-refractivity contribution in [1.82, 2.24) is 9.80 Å². The van der Waals surface area contributed by atoms with E-state index in [0.717, 1.165) is 11.1 Å². The normalized spacial score (nSPS) is 27.3. The van der Waals surface area contributed by atoms with E-state index in [1.54, 1.807) is 12.1 Å². The van der Waals surface area contributed by atoms with Gasteiger partial charge in [0.15, 0.2) is 0 Å². The Hall–Kier alpha value is -2.99. The third-order valence-corrected chi connectivity index (χ3v) is 6.18. The van der Waals surface area contributed by atoms with Crippen LogP contribution in [0.15, 0.2) is 54.6 Å². The van der Waals surface area contributed by atoms with Crippen molar-refractivity contribution < 1.29 is 9.59 Å². The van der Waals surface area contributed by atoms with Crippen LogP contribution in [-0.2, 0) is 16.1 Å². The molecule has 2 amide bonds. The summed E-state index contributed by atoms with van der Waals surface area (Å²) in [5.41, 5.74) is 8.12. The van der Waals surface area contributed by atoms with Gasteiger partial charge in [-0.05, 0) is 25.1 Å².